The van der Waals surface area contributed by atoms with E-state index >= 15 is 0 Å². The Kier molecular flexibility index (Phi) is 2.87. The fraction of sp³-hybridized carbons (Fsp3) is 0.500. The quantitative estimate of drug-likeness (QED) is 0.722. The molecule has 1 aromatic rings. The Bertz CT molecular complexity index is 274. The normalized spacial score (nSPS) is 10.2. The van der Waals surface area contributed by atoms with Crippen molar-refractivity contribution in [1.29, 1.82) is 0 Å². The highest BCUT2D eigenvalue weighted by Crippen LogP contribution is 2.11. The Morgan fingerprint density at radius 1 is 1.75 bits per heavy atom. The fourth-order valence-corrected chi connectivity index (χ4v) is 1.02. The summed E-state index contributed by atoms with van der Waals surface area (Å²) in [6.07, 6.45) is 2.21. The van der Waals surface area contributed by atoms with Crippen LogP contribution in [0.25, 0.3) is 0 Å². The van der Waals surface area contributed by atoms with E-state index < -0.39 is 0 Å². The zero-order chi connectivity index (χ0) is 9.14. The molecule has 1 rings (SSSR count). The van der Waals surface area contributed by atoms with Crippen LogP contribution in [0.3, 0.4) is 0 Å². The van der Waals surface area contributed by atoms with E-state index in [0.717, 1.165) is 5.69 Å². The van der Waals surface area contributed by atoms with Crippen molar-refractivity contribution in [3.63, 3.8) is 0 Å². The minimum absolute atomic E-state index is 0.161. The van der Waals surface area contributed by atoms with Gasteiger partial charge >= 0.3 is 0 Å². The summed E-state index contributed by atoms with van der Waals surface area (Å²) in [6.45, 7) is 3.97. The van der Waals surface area contributed by atoms with Crippen LogP contribution in [0.4, 0.5) is 0 Å². The molecule has 1 aromatic heterocycles. The lowest BCUT2D eigenvalue weighted by Crippen LogP contribution is -2.08. The van der Waals surface area contributed by atoms with Gasteiger partial charge in [-0.3, -0.25) is 9.48 Å². The second-order valence-electron chi connectivity index (χ2n) is 2.65. The first-order valence-electron chi connectivity index (χ1n) is 3.84. The molecular formula is C8H11ClN2O. The van der Waals surface area contributed by atoms with Gasteiger partial charge in [-0.15, -0.1) is 0 Å². The third-order valence-corrected chi connectivity index (χ3v) is 1.99. The van der Waals surface area contributed by atoms with Crippen molar-refractivity contribution in [2.45, 2.75) is 26.8 Å². The van der Waals surface area contributed by atoms with Crippen molar-refractivity contribution in [3.05, 3.63) is 16.9 Å². The third kappa shape index (κ3) is 2.08. The molecule has 1 heterocycles. The Labute approximate surface area is 76.3 Å². The van der Waals surface area contributed by atoms with Crippen molar-refractivity contribution in [3.8, 4) is 0 Å². The molecule has 3 nitrogen and oxygen atoms in total. The Morgan fingerprint density at radius 3 is 2.83 bits per heavy atom. The van der Waals surface area contributed by atoms with Crippen molar-refractivity contribution in [2.75, 3.05) is 0 Å². The number of aryl methyl sites for hydroxylation is 1. The SMILES string of the molecule is CCC(=O)Cn1cc(Cl)c(C)n1. The van der Waals surface area contributed by atoms with Crippen LogP contribution in [0.15, 0.2) is 6.20 Å². The number of ketones is 1. The molecule has 4 heteroatoms. The van der Waals surface area contributed by atoms with Crippen LogP contribution in [0.2, 0.25) is 5.02 Å². The lowest BCUT2D eigenvalue weighted by atomic mass is 10.3. The van der Waals surface area contributed by atoms with Crippen LogP contribution in [0.5, 0.6) is 0 Å². The highest BCUT2D eigenvalue weighted by atomic mass is 35.5. The second-order valence-corrected chi connectivity index (χ2v) is 3.06. The molecule has 0 aliphatic carbocycles. The van der Waals surface area contributed by atoms with Crippen molar-refractivity contribution in [2.24, 2.45) is 0 Å². The summed E-state index contributed by atoms with van der Waals surface area (Å²) >= 11 is 5.76. The number of hydrogen-bond donors (Lipinski definition) is 0. The molecule has 0 saturated carbocycles. The summed E-state index contributed by atoms with van der Waals surface area (Å²) in [4.78, 5) is 11.0. The minimum atomic E-state index is 0.161. The fourth-order valence-electron chi connectivity index (χ4n) is 0.867. The molecular weight excluding hydrogens is 176 g/mol. The molecule has 0 fully saturated rings. The molecule has 0 spiro atoms. The van der Waals surface area contributed by atoms with Gasteiger partial charge in [0.1, 0.15) is 0 Å². The first kappa shape index (κ1) is 9.26. The summed E-state index contributed by atoms with van der Waals surface area (Å²) in [6, 6.07) is 0. The molecule has 0 atom stereocenters. The van der Waals surface area contributed by atoms with Gasteiger partial charge in [0.2, 0.25) is 0 Å². The number of nitrogens with zero attached hydrogens (tertiary/aromatic N) is 2. The van der Waals surface area contributed by atoms with Crippen molar-refractivity contribution < 1.29 is 4.79 Å². The zero-order valence-electron chi connectivity index (χ0n) is 7.17. The lowest BCUT2D eigenvalue weighted by Gasteiger charge is -1.96. The molecule has 0 amide bonds. The summed E-state index contributed by atoms with van der Waals surface area (Å²) in [7, 11) is 0. The topological polar surface area (TPSA) is 34.9 Å². The van der Waals surface area contributed by atoms with Gasteiger partial charge in [0.25, 0.3) is 0 Å². The highest BCUT2D eigenvalue weighted by molar-refractivity contribution is 6.31. The molecule has 0 aliphatic rings. The average molecular weight is 187 g/mol. The minimum Gasteiger partial charge on any atom is -0.298 e. The van der Waals surface area contributed by atoms with E-state index in [9.17, 15) is 4.79 Å². The van der Waals surface area contributed by atoms with Crippen molar-refractivity contribution >= 4 is 17.4 Å². The van der Waals surface area contributed by atoms with Gasteiger partial charge in [0.05, 0.1) is 17.3 Å². The number of hydrogen-bond acceptors (Lipinski definition) is 2. The third-order valence-electron chi connectivity index (χ3n) is 1.62. The molecule has 0 bridgehead atoms. The maximum Gasteiger partial charge on any atom is 0.154 e. The molecule has 12 heavy (non-hydrogen) atoms. The predicted molar refractivity (Wildman–Crippen MR) is 47.3 cm³/mol. The monoisotopic (exact) mass is 186 g/mol. The standard InChI is InChI=1S/C8H11ClN2O/c1-3-7(12)4-11-5-8(9)6(2)10-11/h5H,3-4H2,1-2H3. The van der Waals surface area contributed by atoms with Gasteiger partial charge in [0, 0.05) is 12.6 Å². The predicted octanol–water partition coefficient (Wildman–Crippen LogP) is 1.82. The van der Waals surface area contributed by atoms with Crippen LogP contribution < -0.4 is 0 Å². The summed E-state index contributed by atoms with van der Waals surface area (Å²) in [5, 5.41) is 4.67. The molecule has 0 saturated heterocycles. The van der Waals surface area contributed by atoms with E-state index in [1.807, 2.05) is 13.8 Å². The van der Waals surface area contributed by atoms with E-state index in [4.69, 9.17) is 11.6 Å². The number of carbonyl (C=O) groups excluding carboxylic acids is 1. The summed E-state index contributed by atoms with van der Waals surface area (Å²) in [5.74, 6) is 0.161. The molecule has 0 unspecified atom stereocenters. The van der Waals surface area contributed by atoms with E-state index in [0.29, 0.717) is 18.0 Å². The van der Waals surface area contributed by atoms with E-state index in [1.165, 1.54) is 0 Å². The first-order valence-corrected chi connectivity index (χ1v) is 4.22. The van der Waals surface area contributed by atoms with Crippen LogP contribution in [-0.4, -0.2) is 15.6 Å². The highest BCUT2D eigenvalue weighted by Gasteiger charge is 2.04. The first-order chi connectivity index (χ1) is 5.63. The van der Waals surface area contributed by atoms with E-state index in [-0.39, 0.29) is 5.78 Å². The smallest absolute Gasteiger partial charge is 0.154 e. The number of halogens is 1. The summed E-state index contributed by atoms with van der Waals surface area (Å²) in [5.41, 5.74) is 0.764. The molecule has 0 aromatic carbocycles. The summed E-state index contributed by atoms with van der Waals surface area (Å²) < 4.78 is 1.57. The molecule has 0 aliphatic heterocycles. The largest absolute Gasteiger partial charge is 0.298 e. The van der Waals surface area contributed by atoms with Gasteiger partial charge < -0.3 is 0 Å². The molecule has 66 valence electrons. The maximum atomic E-state index is 11.0. The van der Waals surface area contributed by atoms with Gasteiger partial charge in [-0.1, -0.05) is 18.5 Å². The Balaban J connectivity index is 2.70. The van der Waals surface area contributed by atoms with Crippen molar-refractivity contribution in [1.82, 2.24) is 9.78 Å². The van der Waals surface area contributed by atoms with Crippen LogP contribution in [-0.2, 0) is 11.3 Å². The number of carbonyl (C=O) groups is 1. The Morgan fingerprint density at radius 2 is 2.42 bits per heavy atom. The maximum absolute atomic E-state index is 11.0. The zero-order valence-corrected chi connectivity index (χ0v) is 7.93. The average Bonchev–Trinajstić information content (AvgIpc) is 2.31. The van der Waals surface area contributed by atoms with Crippen LogP contribution in [0.1, 0.15) is 19.0 Å². The van der Waals surface area contributed by atoms with Gasteiger partial charge in [-0.25, -0.2) is 0 Å². The van der Waals surface area contributed by atoms with Crippen LogP contribution >= 0.6 is 11.6 Å². The van der Waals surface area contributed by atoms with E-state index in [1.54, 1.807) is 10.9 Å². The van der Waals surface area contributed by atoms with Gasteiger partial charge in [-0.2, -0.15) is 5.10 Å². The Hall–Kier alpha value is -0.830. The number of aromatic nitrogens is 2. The lowest BCUT2D eigenvalue weighted by molar-refractivity contribution is -0.119. The second kappa shape index (κ2) is 3.72. The number of rotatable bonds is 3. The molecule has 0 radical (unpaired) electrons. The molecule has 0 N–H and O–H groups in total. The number of Topliss-reactive ketones (excluding diaryl/α,β-unsaturated/α-hetero) is 1. The van der Waals surface area contributed by atoms with Crippen LogP contribution in [0, 0.1) is 6.92 Å². The van der Waals surface area contributed by atoms with Gasteiger partial charge in [-0.05, 0) is 6.92 Å². The van der Waals surface area contributed by atoms with E-state index in [2.05, 4.69) is 5.10 Å². The van der Waals surface area contributed by atoms with Gasteiger partial charge in [0.15, 0.2) is 5.78 Å².